The maximum Gasteiger partial charge on any atom is 0.472 e. The van der Waals surface area contributed by atoms with Crippen LogP contribution in [0, 0.1) is 11.8 Å². The first-order valence-electron chi connectivity index (χ1n) is 48.5. The van der Waals surface area contributed by atoms with Crippen molar-refractivity contribution in [3.05, 3.63) is 0 Å². The summed E-state index contributed by atoms with van der Waals surface area (Å²) in [5.74, 6) is -0.399. The van der Waals surface area contributed by atoms with Crippen LogP contribution in [0.3, 0.4) is 0 Å². The number of hydrogen-bond donors (Lipinski definition) is 3. The molecule has 0 radical (unpaired) electrons. The molecule has 0 aliphatic rings. The Bertz CT molecular complexity index is 2150. The van der Waals surface area contributed by atoms with Gasteiger partial charge in [0.05, 0.1) is 26.4 Å². The summed E-state index contributed by atoms with van der Waals surface area (Å²) in [4.78, 5) is 73.5. The summed E-state index contributed by atoms with van der Waals surface area (Å²) in [6.45, 7) is 9.82. The molecule has 0 aliphatic carbocycles. The minimum atomic E-state index is -4.97. The Labute approximate surface area is 696 Å². The van der Waals surface area contributed by atoms with Crippen molar-refractivity contribution in [1.82, 2.24) is 0 Å². The van der Waals surface area contributed by atoms with E-state index in [-0.39, 0.29) is 25.7 Å². The van der Waals surface area contributed by atoms with Gasteiger partial charge in [-0.15, -0.1) is 0 Å². The fourth-order valence-corrected chi connectivity index (χ4v) is 16.4. The smallest absolute Gasteiger partial charge is 0.462 e. The third kappa shape index (κ3) is 86.3. The van der Waals surface area contributed by atoms with E-state index < -0.39 is 97.5 Å². The van der Waals surface area contributed by atoms with Crippen LogP contribution in [0.5, 0.6) is 0 Å². The molecule has 113 heavy (non-hydrogen) atoms. The first kappa shape index (κ1) is 111. The highest BCUT2D eigenvalue weighted by Gasteiger charge is 2.31. The number of carbonyl (C=O) groups excluding carboxylic acids is 4. The summed E-state index contributed by atoms with van der Waals surface area (Å²) >= 11 is 0. The van der Waals surface area contributed by atoms with Gasteiger partial charge in [0, 0.05) is 25.7 Å². The van der Waals surface area contributed by atoms with Crippen LogP contribution < -0.4 is 0 Å². The fraction of sp³-hybridized carbons (Fsp3) is 0.957. The third-order valence-electron chi connectivity index (χ3n) is 22.6. The van der Waals surface area contributed by atoms with Crippen molar-refractivity contribution in [1.29, 1.82) is 0 Å². The maximum atomic E-state index is 13.2. The standard InChI is InChI=1S/C94H184O17P2/c1-7-10-12-14-16-18-20-21-22-23-24-25-33-38-43-48-54-60-66-72-78-93(98)110-89(82-104-91(96)76-70-64-58-52-19-17-15-13-11-8-2)84-108-112(100,101)106-80-88(95)81-107-113(102,103)109-85-90(83-105-92(97)77-71-65-59-53-47-42-37-32-28-26-30-35-40-45-50-56-62-68-74-86(4)5)111-94(99)79-73-67-61-55-49-44-39-34-29-27-31-36-41-46-51-57-63-69-75-87(6)9-3/h86-90,95H,7-85H2,1-6H3,(H,100,101)(H,102,103)/t87?,88-,89+,90+/m0/s1. The Hall–Kier alpha value is -1.94. The Morgan fingerprint density at radius 2 is 0.451 bits per heavy atom. The van der Waals surface area contributed by atoms with Crippen molar-refractivity contribution in [2.45, 2.75) is 529 Å². The van der Waals surface area contributed by atoms with Crippen molar-refractivity contribution in [2.24, 2.45) is 11.8 Å². The summed E-state index contributed by atoms with van der Waals surface area (Å²) in [5, 5.41) is 10.7. The minimum absolute atomic E-state index is 0.109. The highest BCUT2D eigenvalue weighted by atomic mass is 31.2. The molecule has 0 fully saturated rings. The average molecular weight is 1650 g/mol. The monoisotopic (exact) mass is 1650 g/mol. The van der Waals surface area contributed by atoms with Gasteiger partial charge in [0.1, 0.15) is 19.3 Å². The molecule has 6 atom stereocenters. The van der Waals surface area contributed by atoms with Gasteiger partial charge in [-0.2, -0.15) is 0 Å². The molecule has 3 N–H and O–H groups in total. The van der Waals surface area contributed by atoms with E-state index in [9.17, 15) is 43.2 Å². The lowest BCUT2D eigenvalue weighted by molar-refractivity contribution is -0.161. The first-order valence-corrected chi connectivity index (χ1v) is 51.5. The largest absolute Gasteiger partial charge is 0.472 e. The molecule has 17 nitrogen and oxygen atoms in total. The SMILES string of the molecule is CCCCCCCCCCCCCCCCCCCCCCC(=O)O[C@H](COC(=O)CCCCCCCCCCCC)COP(=O)(O)OC[C@H](O)COP(=O)(O)OC[C@@H](COC(=O)CCCCCCCCCCCCCCCCCCCCC(C)C)OC(=O)CCCCCCCCCCCCCCCCCCCCC(C)CC. The van der Waals surface area contributed by atoms with E-state index in [2.05, 4.69) is 41.5 Å². The zero-order valence-corrected chi connectivity index (χ0v) is 76.5. The Kier molecular flexibility index (Phi) is 83.6. The predicted octanol–water partition coefficient (Wildman–Crippen LogP) is 29.4. The van der Waals surface area contributed by atoms with Crippen LogP contribution in [0.2, 0.25) is 0 Å². The zero-order valence-electron chi connectivity index (χ0n) is 74.7. The van der Waals surface area contributed by atoms with E-state index in [4.69, 9.17) is 37.0 Å². The van der Waals surface area contributed by atoms with E-state index in [0.29, 0.717) is 25.7 Å². The van der Waals surface area contributed by atoms with Crippen LogP contribution in [0.25, 0.3) is 0 Å². The molecular weight excluding hydrogens is 1460 g/mol. The molecule has 0 aromatic heterocycles. The normalized spacial score (nSPS) is 13.9. The number of aliphatic hydroxyl groups is 1. The number of carbonyl (C=O) groups is 4. The van der Waals surface area contributed by atoms with Crippen LogP contribution >= 0.6 is 15.6 Å². The molecule has 0 heterocycles. The van der Waals surface area contributed by atoms with Crippen LogP contribution in [0.15, 0.2) is 0 Å². The Morgan fingerprint density at radius 3 is 0.673 bits per heavy atom. The molecule has 3 unspecified atom stereocenters. The molecule has 0 aromatic rings. The van der Waals surface area contributed by atoms with Gasteiger partial charge in [-0.1, -0.05) is 459 Å². The van der Waals surface area contributed by atoms with Crippen molar-refractivity contribution < 1.29 is 80.2 Å². The molecule has 0 saturated heterocycles. The quantitative estimate of drug-likeness (QED) is 0.0222. The molecule has 19 heteroatoms. The number of rotatable bonds is 93. The summed E-state index contributed by atoms with van der Waals surface area (Å²) in [7, 11) is -9.94. The highest BCUT2D eigenvalue weighted by Crippen LogP contribution is 2.45. The van der Waals surface area contributed by atoms with Gasteiger partial charge in [-0.3, -0.25) is 37.3 Å². The number of phosphoric acid groups is 2. The van der Waals surface area contributed by atoms with Crippen molar-refractivity contribution in [2.75, 3.05) is 39.6 Å². The van der Waals surface area contributed by atoms with E-state index in [1.165, 1.54) is 327 Å². The number of hydrogen-bond acceptors (Lipinski definition) is 15. The lowest BCUT2D eigenvalue weighted by Crippen LogP contribution is -2.30. The van der Waals surface area contributed by atoms with E-state index in [1.807, 2.05) is 0 Å². The molecule has 0 amide bonds. The fourth-order valence-electron chi connectivity index (χ4n) is 14.8. The number of aliphatic hydroxyl groups excluding tert-OH is 1. The molecule has 672 valence electrons. The van der Waals surface area contributed by atoms with Crippen molar-refractivity contribution in [3.8, 4) is 0 Å². The van der Waals surface area contributed by atoms with E-state index in [1.54, 1.807) is 0 Å². The molecule has 0 rings (SSSR count). The topological polar surface area (TPSA) is 237 Å². The molecular formula is C94H184O17P2. The van der Waals surface area contributed by atoms with Crippen molar-refractivity contribution in [3.63, 3.8) is 0 Å². The average Bonchev–Trinajstić information content (AvgIpc) is 0.900. The molecule has 0 bridgehead atoms. The van der Waals surface area contributed by atoms with Crippen LogP contribution in [0.1, 0.15) is 510 Å². The van der Waals surface area contributed by atoms with E-state index >= 15 is 0 Å². The summed E-state index contributed by atoms with van der Waals surface area (Å²) in [5.41, 5.74) is 0. The first-order chi connectivity index (χ1) is 54.9. The molecule has 0 spiro atoms. The predicted molar refractivity (Wildman–Crippen MR) is 469 cm³/mol. The second-order valence-corrected chi connectivity index (χ2v) is 37.4. The number of unbranched alkanes of at least 4 members (excludes halogenated alkanes) is 62. The van der Waals surface area contributed by atoms with Gasteiger partial charge < -0.3 is 33.8 Å². The summed E-state index contributed by atoms with van der Waals surface area (Å²) in [6.07, 6.45) is 80.7. The molecule has 0 saturated carbocycles. The molecule has 0 aliphatic heterocycles. The van der Waals surface area contributed by atoms with Crippen LogP contribution in [-0.4, -0.2) is 96.7 Å². The minimum Gasteiger partial charge on any atom is -0.462 e. The second-order valence-electron chi connectivity index (χ2n) is 34.5. The maximum absolute atomic E-state index is 13.2. The Morgan fingerprint density at radius 1 is 0.257 bits per heavy atom. The lowest BCUT2D eigenvalue weighted by atomic mass is 9.99. The third-order valence-corrected chi connectivity index (χ3v) is 24.5. The van der Waals surface area contributed by atoms with Gasteiger partial charge in [-0.25, -0.2) is 9.13 Å². The van der Waals surface area contributed by atoms with Crippen LogP contribution in [0.4, 0.5) is 0 Å². The zero-order chi connectivity index (χ0) is 82.7. The number of ether oxygens (including phenoxy) is 4. The highest BCUT2D eigenvalue weighted by molar-refractivity contribution is 7.47. The van der Waals surface area contributed by atoms with Gasteiger partial charge in [0.25, 0.3) is 0 Å². The van der Waals surface area contributed by atoms with Gasteiger partial charge in [0.15, 0.2) is 12.2 Å². The number of esters is 4. The summed E-state index contributed by atoms with van der Waals surface area (Å²) in [6, 6.07) is 0. The van der Waals surface area contributed by atoms with Gasteiger partial charge in [-0.05, 0) is 37.5 Å². The van der Waals surface area contributed by atoms with Gasteiger partial charge >= 0.3 is 39.5 Å². The lowest BCUT2D eigenvalue weighted by Gasteiger charge is -2.21. The second kappa shape index (κ2) is 85.1. The van der Waals surface area contributed by atoms with Crippen molar-refractivity contribution >= 4 is 39.5 Å². The van der Waals surface area contributed by atoms with E-state index in [0.717, 1.165) is 102 Å². The molecule has 0 aromatic carbocycles. The number of phosphoric ester groups is 2. The Balaban J connectivity index is 5.21. The van der Waals surface area contributed by atoms with Crippen LogP contribution in [-0.2, 0) is 65.4 Å². The summed E-state index contributed by atoms with van der Waals surface area (Å²) < 4.78 is 69.1. The van der Waals surface area contributed by atoms with Gasteiger partial charge in [0.2, 0.25) is 0 Å².